The van der Waals surface area contributed by atoms with Crippen LogP contribution in [0, 0.1) is 0 Å². The molecule has 0 bridgehead atoms. The zero-order valence-electron chi connectivity index (χ0n) is 12.5. The van der Waals surface area contributed by atoms with Gasteiger partial charge in [0, 0.05) is 37.5 Å². The average molecular weight is 295 g/mol. The minimum absolute atomic E-state index is 0.0409. The Labute approximate surface area is 123 Å². The maximum absolute atomic E-state index is 11.8. The quantitative estimate of drug-likeness (QED) is 0.829. The van der Waals surface area contributed by atoms with E-state index in [4.69, 9.17) is 9.84 Å². The highest BCUT2D eigenvalue weighted by molar-refractivity contribution is 5.69. The molecule has 0 aromatic carbocycles. The number of carbonyl (C=O) groups is 2. The zero-order valence-corrected chi connectivity index (χ0v) is 12.5. The second-order valence-corrected chi connectivity index (χ2v) is 5.68. The number of alkyl carbamates (subject to hydrolysis) is 1. The van der Waals surface area contributed by atoms with Crippen LogP contribution >= 0.6 is 0 Å². The van der Waals surface area contributed by atoms with Crippen LogP contribution in [0.4, 0.5) is 4.79 Å². The van der Waals surface area contributed by atoms with Gasteiger partial charge < -0.3 is 15.2 Å². The third-order valence-electron chi connectivity index (χ3n) is 2.50. The van der Waals surface area contributed by atoms with Crippen molar-refractivity contribution in [2.75, 3.05) is 0 Å². The lowest BCUT2D eigenvalue weighted by atomic mass is 10.1. The summed E-state index contributed by atoms with van der Waals surface area (Å²) in [5, 5.41) is 11.5. The predicted molar refractivity (Wildman–Crippen MR) is 75.8 cm³/mol. The number of amides is 1. The van der Waals surface area contributed by atoms with E-state index in [1.165, 1.54) is 0 Å². The lowest BCUT2D eigenvalue weighted by molar-refractivity contribution is -0.137. The fourth-order valence-electron chi connectivity index (χ4n) is 1.69. The second-order valence-electron chi connectivity index (χ2n) is 5.68. The van der Waals surface area contributed by atoms with E-state index in [0.29, 0.717) is 18.5 Å². The van der Waals surface area contributed by atoms with Crippen LogP contribution in [0.2, 0.25) is 0 Å². The normalized spacial score (nSPS) is 12.5. The molecular formula is C14H21N3O4. The summed E-state index contributed by atoms with van der Waals surface area (Å²) in [4.78, 5) is 30.6. The van der Waals surface area contributed by atoms with Gasteiger partial charge in [0.15, 0.2) is 0 Å². The van der Waals surface area contributed by atoms with Crippen LogP contribution in [0.1, 0.15) is 39.3 Å². The molecule has 1 aromatic rings. The van der Waals surface area contributed by atoms with E-state index in [-0.39, 0.29) is 12.5 Å². The lowest BCUT2D eigenvalue weighted by Gasteiger charge is -2.23. The molecule has 0 saturated heterocycles. The molecular weight excluding hydrogens is 274 g/mol. The number of carboxylic acids is 1. The Morgan fingerprint density at radius 1 is 1.38 bits per heavy atom. The highest BCUT2D eigenvalue weighted by Crippen LogP contribution is 2.09. The van der Waals surface area contributed by atoms with E-state index < -0.39 is 17.7 Å². The Kier molecular flexibility index (Phi) is 6.08. The largest absolute Gasteiger partial charge is 0.481 e. The first-order valence-corrected chi connectivity index (χ1v) is 6.72. The Morgan fingerprint density at radius 2 is 2.10 bits per heavy atom. The van der Waals surface area contributed by atoms with Gasteiger partial charge in [-0.2, -0.15) is 0 Å². The van der Waals surface area contributed by atoms with Crippen LogP contribution in [0.25, 0.3) is 0 Å². The topological polar surface area (TPSA) is 101 Å². The van der Waals surface area contributed by atoms with Gasteiger partial charge in [-0.05, 0) is 27.2 Å². The first-order valence-electron chi connectivity index (χ1n) is 6.72. The van der Waals surface area contributed by atoms with Gasteiger partial charge in [-0.1, -0.05) is 0 Å². The molecule has 1 heterocycles. The Bertz CT molecular complexity index is 471. The molecule has 1 atom stereocenters. The molecule has 0 aliphatic rings. The Morgan fingerprint density at radius 3 is 2.62 bits per heavy atom. The molecule has 0 aliphatic heterocycles. The molecule has 1 aromatic heterocycles. The lowest BCUT2D eigenvalue weighted by Crippen LogP contribution is -2.40. The van der Waals surface area contributed by atoms with E-state index in [0.717, 1.165) is 0 Å². The molecule has 0 saturated carbocycles. The fraction of sp³-hybridized carbons (Fsp3) is 0.571. The van der Waals surface area contributed by atoms with Crippen molar-refractivity contribution in [2.24, 2.45) is 0 Å². The van der Waals surface area contributed by atoms with Crippen molar-refractivity contribution in [1.29, 1.82) is 0 Å². The number of carboxylic acid groups (broad SMARTS) is 1. The van der Waals surface area contributed by atoms with Gasteiger partial charge in [0.25, 0.3) is 0 Å². The molecule has 7 heteroatoms. The third kappa shape index (κ3) is 7.86. The van der Waals surface area contributed by atoms with Crippen LogP contribution < -0.4 is 5.32 Å². The maximum Gasteiger partial charge on any atom is 0.407 e. The first-order chi connectivity index (χ1) is 9.76. The predicted octanol–water partition coefficient (Wildman–Crippen LogP) is 1.78. The standard InChI is InChI=1S/C14H21N3O4/c1-14(2,3)21-13(20)17-10(4-5-12(18)19)8-11-9-15-6-7-16-11/h6-7,9-10H,4-5,8H2,1-3H3,(H,17,20)(H,18,19). The van der Waals surface area contributed by atoms with Gasteiger partial charge >= 0.3 is 12.1 Å². The second kappa shape index (κ2) is 7.56. The van der Waals surface area contributed by atoms with Gasteiger partial charge in [0.1, 0.15) is 5.60 Å². The molecule has 1 rings (SSSR count). The van der Waals surface area contributed by atoms with Crippen LogP contribution in [-0.2, 0) is 16.0 Å². The highest BCUT2D eigenvalue weighted by Gasteiger charge is 2.20. The van der Waals surface area contributed by atoms with Crippen LogP contribution in [0.15, 0.2) is 18.6 Å². The summed E-state index contributed by atoms with van der Waals surface area (Å²) >= 11 is 0. The minimum Gasteiger partial charge on any atom is -0.481 e. The van der Waals surface area contributed by atoms with E-state index >= 15 is 0 Å². The number of nitrogens with one attached hydrogen (secondary N) is 1. The summed E-state index contributed by atoms with van der Waals surface area (Å²) in [7, 11) is 0. The number of nitrogens with zero attached hydrogens (tertiary/aromatic N) is 2. The average Bonchev–Trinajstić information content (AvgIpc) is 2.34. The van der Waals surface area contributed by atoms with Crippen molar-refractivity contribution in [3.05, 3.63) is 24.3 Å². The van der Waals surface area contributed by atoms with Crippen molar-refractivity contribution >= 4 is 12.1 Å². The number of aliphatic carboxylic acids is 1. The summed E-state index contributed by atoms with van der Waals surface area (Å²) in [5.41, 5.74) is 0.0810. The summed E-state index contributed by atoms with van der Waals surface area (Å²) < 4.78 is 5.18. The molecule has 1 unspecified atom stereocenters. The molecule has 0 spiro atoms. The smallest absolute Gasteiger partial charge is 0.407 e. The minimum atomic E-state index is -0.912. The highest BCUT2D eigenvalue weighted by atomic mass is 16.6. The van der Waals surface area contributed by atoms with Crippen LogP contribution in [0.5, 0.6) is 0 Å². The van der Waals surface area contributed by atoms with E-state index in [1.54, 1.807) is 39.4 Å². The molecule has 21 heavy (non-hydrogen) atoms. The van der Waals surface area contributed by atoms with E-state index in [1.807, 2.05) is 0 Å². The van der Waals surface area contributed by atoms with Crippen LogP contribution in [-0.4, -0.2) is 38.8 Å². The number of ether oxygens (including phenoxy) is 1. The number of hydrogen-bond donors (Lipinski definition) is 2. The molecule has 0 aliphatic carbocycles. The van der Waals surface area contributed by atoms with Crippen molar-refractivity contribution in [1.82, 2.24) is 15.3 Å². The van der Waals surface area contributed by atoms with Crippen LogP contribution in [0.3, 0.4) is 0 Å². The summed E-state index contributed by atoms with van der Waals surface area (Å²) in [6.07, 6.45) is 4.78. The van der Waals surface area contributed by atoms with Gasteiger partial charge in [0.05, 0.1) is 5.69 Å². The van der Waals surface area contributed by atoms with Gasteiger partial charge in [-0.15, -0.1) is 0 Å². The number of aromatic nitrogens is 2. The number of hydrogen-bond acceptors (Lipinski definition) is 5. The number of carbonyl (C=O) groups excluding carboxylic acids is 1. The van der Waals surface area contributed by atoms with E-state index in [9.17, 15) is 9.59 Å². The molecule has 1 amide bonds. The fourth-order valence-corrected chi connectivity index (χ4v) is 1.69. The Balaban J connectivity index is 2.63. The summed E-state index contributed by atoms with van der Waals surface area (Å²) in [6, 6.07) is -0.368. The SMILES string of the molecule is CC(C)(C)OC(=O)NC(CCC(=O)O)Cc1cnccn1. The van der Waals surface area contributed by atoms with Gasteiger partial charge in [0.2, 0.25) is 0 Å². The molecule has 2 N–H and O–H groups in total. The molecule has 116 valence electrons. The van der Waals surface area contributed by atoms with Crippen molar-refractivity contribution in [3.8, 4) is 0 Å². The summed E-state index contributed by atoms with van der Waals surface area (Å²) in [5.74, 6) is -0.912. The first kappa shape index (κ1) is 16.9. The van der Waals surface area contributed by atoms with Crippen molar-refractivity contribution in [2.45, 2.75) is 51.7 Å². The van der Waals surface area contributed by atoms with Gasteiger partial charge in [-0.25, -0.2) is 4.79 Å². The van der Waals surface area contributed by atoms with Crippen molar-refractivity contribution < 1.29 is 19.4 Å². The molecule has 0 radical (unpaired) electrons. The molecule has 7 nitrogen and oxygen atoms in total. The monoisotopic (exact) mass is 295 g/mol. The summed E-state index contributed by atoms with van der Waals surface area (Å²) in [6.45, 7) is 5.30. The van der Waals surface area contributed by atoms with Crippen molar-refractivity contribution in [3.63, 3.8) is 0 Å². The zero-order chi connectivity index (χ0) is 15.9. The van der Waals surface area contributed by atoms with Gasteiger partial charge in [-0.3, -0.25) is 14.8 Å². The number of rotatable bonds is 6. The molecule has 0 fully saturated rings. The third-order valence-corrected chi connectivity index (χ3v) is 2.50. The van der Waals surface area contributed by atoms with E-state index in [2.05, 4.69) is 15.3 Å². The maximum atomic E-state index is 11.8. The Hall–Kier alpha value is -2.18.